The second kappa shape index (κ2) is 8.78. The number of nitrogens with one attached hydrogen (secondary N) is 1. The van der Waals surface area contributed by atoms with Gasteiger partial charge in [-0.25, -0.2) is 0 Å². The molecule has 2 aliphatic rings. The second-order valence-corrected chi connectivity index (χ2v) is 8.66. The average Bonchev–Trinajstić information content (AvgIpc) is 2.73. The molecule has 0 unspecified atom stereocenters. The topological polar surface area (TPSA) is 35.6 Å². The minimum atomic E-state index is 0.00440. The van der Waals surface area contributed by atoms with Crippen LogP contribution in [0.1, 0.15) is 5.56 Å². The number of rotatable bonds is 3. The van der Waals surface area contributed by atoms with Crippen molar-refractivity contribution in [2.75, 3.05) is 48.3 Å². The highest BCUT2D eigenvalue weighted by atomic mass is 35.5. The Morgan fingerprint density at radius 2 is 1.79 bits per heavy atom. The van der Waals surface area contributed by atoms with Gasteiger partial charge in [-0.05, 0) is 35.9 Å². The first kappa shape index (κ1) is 19.6. The zero-order chi connectivity index (χ0) is 19.5. The van der Waals surface area contributed by atoms with Gasteiger partial charge >= 0.3 is 0 Å². The molecule has 0 aliphatic carbocycles. The number of anilines is 2. The predicted octanol–water partition coefficient (Wildman–Crippen LogP) is 4.52. The molecule has 2 saturated heterocycles. The third-order valence-corrected chi connectivity index (χ3v) is 6.65. The molecule has 2 aromatic carbocycles. The number of thioether (sulfide) groups is 1. The van der Waals surface area contributed by atoms with Crippen molar-refractivity contribution in [2.24, 2.45) is 0 Å². The van der Waals surface area contributed by atoms with E-state index < -0.39 is 0 Å². The number of hydrogen-bond acceptors (Lipinski definition) is 4. The normalized spacial score (nSPS) is 19.4. The lowest BCUT2D eigenvalue weighted by Gasteiger charge is -2.31. The lowest BCUT2D eigenvalue weighted by molar-refractivity contribution is -0.114. The van der Waals surface area contributed by atoms with Gasteiger partial charge in [0, 0.05) is 49.9 Å². The molecule has 2 fully saturated rings. The van der Waals surface area contributed by atoms with Gasteiger partial charge in [0.25, 0.3) is 5.91 Å². The summed E-state index contributed by atoms with van der Waals surface area (Å²) in [7, 11) is 0. The lowest BCUT2D eigenvalue weighted by atomic mass is 10.1. The molecule has 146 valence electrons. The molecular formula is C21H21Cl2N3OS. The molecule has 0 radical (unpaired) electrons. The SMILES string of the molecule is O=C1C(=Cc2ccccc2N2CCNCC2)SCCN1c1ccc(Cl)c(Cl)c1. The zero-order valence-electron chi connectivity index (χ0n) is 15.3. The van der Waals surface area contributed by atoms with Gasteiger partial charge in [0.1, 0.15) is 0 Å². The van der Waals surface area contributed by atoms with Gasteiger partial charge in [-0.1, -0.05) is 41.4 Å². The summed E-state index contributed by atoms with van der Waals surface area (Å²) in [5.41, 5.74) is 3.04. The van der Waals surface area contributed by atoms with E-state index in [1.807, 2.05) is 18.2 Å². The van der Waals surface area contributed by atoms with Crippen molar-refractivity contribution >= 4 is 58.3 Å². The minimum absolute atomic E-state index is 0.00440. The Kier molecular flexibility index (Phi) is 6.16. The van der Waals surface area contributed by atoms with Crippen molar-refractivity contribution in [1.29, 1.82) is 0 Å². The third-order valence-electron chi connectivity index (χ3n) is 4.92. The smallest absolute Gasteiger partial charge is 0.264 e. The Balaban J connectivity index is 1.63. The Morgan fingerprint density at radius 1 is 1.00 bits per heavy atom. The summed E-state index contributed by atoms with van der Waals surface area (Å²) in [6.07, 6.45) is 2.02. The molecule has 4 nitrogen and oxygen atoms in total. The van der Waals surface area contributed by atoms with E-state index in [2.05, 4.69) is 28.4 Å². The fourth-order valence-electron chi connectivity index (χ4n) is 3.49. The molecule has 1 N–H and O–H groups in total. The Morgan fingerprint density at radius 3 is 2.57 bits per heavy atom. The van der Waals surface area contributed by atoms with E-state index >= 15 is 0 Å². The van der Waals surface area contributed by atoms with Gasteiger partial charge in [-0.15, -0.1) is 11.8 Å². The van der Waals surface area contributed by atoms with Crippen molar-refractivity contribution in [3.63, 3.8) is 0 Å². The highest BCUT2D eigenvalue weighted by Gasteiger charge is 2.26. The Hall–Kier alpha value is -1.66. The number of hydrogen-bond donors (Lipinski definition) is 1. The lowest BCUT2D eigenvalue weighted by Crippen LogP contribution is -2.43. The standard InChI is InChI=1S/C21H21Cl2N3OS/c22-17-6-5-16(14-18(17)23)26-11-12-28-20(21(26)27)13-15-3-1-2-4-19(15)25-9-7-24-8-10-25/h1-6,13-14,24H,7-12H2. The minimum Gasteiger partial charge on any atom is -0.369 e. The van der Waals surface area contributed by atoms with E-state index in [1.165, 1.54) is 5.69 Å². The highest BCUT2D eigenvalue weighted by Crippen LogP contribution is 2.34. The van der Waals surface area contributed by atoms with Crippen LogP contribution in [0.4, 0.5) is 11.4 Å². The first-order chi connectivity index (χ1) is 13.6. The van der Waals surface area contributed by atoms with Crippen LogP contribution >= 0.6 is 35.0 Å². The number of benzene rings is 2. The zero-order valence-corrected chi connectivity index (χ0v) is 17.7. The number of amides is 1. The molecule has 0 aromatic heterocycles. The molecule has 2 heterocycles. The molecule has 28 heavy (non-hydrogen) atoms. The van der Waals surface area contributed by atoms with Gasteiger partial charge in [-0.3, -0.25) is 4.79 Å². The summed E-state index contributed by atoms with van der Waals surface area (Å²) < 4.78 is 0. The largest absolute Gasteiger partial charge is 0.369 e. The number of nitrogens with zero attached hydrogens (tertiary/aromatic N) is 2. The van der Waals surface area contributed by atoms with Crippen LogP contribution in [0.25, 0.3) is 6.08 Å². The van der Waals surface area contributed by atoms with Crippen LogP contribution in [0.2, 0.25) is 10.0 Å². The van der Waals surface area contributed by atoms with Gasteiger partial charge in [-0.2, -0.15) is 0 Å². The molecule has 0 saturated carbocycles. The summed E-state index contributed by atoms with van der Waals surface area (Å²) in [5, 5.41) is 4.33. The van der Waals surface area contributed by atoms with Crippen LogP contribution < -0.4 is 15.1 Å². The van der Waals surface area contributed by atoms with Crippen molar-refractivity contribution in [3.05, 3.63) is 63.0 Å². The van der Waals surface area contributed by atoms with Crippen LogP contribution in [-0.2, 0) is 4.79 Å². The molecule has 7 heteroatoms. The van der Waals surface area contributed by atoms with Crippen LogP contribution in [-0.4, -0.2) is 44.4 Å². The van der Waals surface area contributed by atoms with E-state index in [-0.39, 0.29) is 5.91 Å². The second-order valence-electron chi connectivity index (χ2n) is 6.71. The molecule has 2 aromatic rings. The van der Waals surface area contributed by atoms with Crippen molar-refractivity contribution in [2.45, 2.75) is 0 Å². The monoisotopic (exact) mass is 433 g/mol. The third kappa shape index (κ3) is 4.18. The van der Waals surface area contributed by atoms with Gasteiger partial charge in [0.05, 0.1) is 15.0 Å². The molecular weight excluding hydrogens is 413 g/mol. The van der Waals surface area contributed by atoms with Crippen LogP contribution in [0, 0.1) is 0 Å². The van der Waals surface area contributed by atoms with E-state index in [0.717, 1.165) is 48.1 Å². The number of carbonyl (C=O) groups excluding carboxylic acids is 1. The molecule has 1 amide bonds. The van der Waals surface area contributed by atoms with Gasteiger partial charge in [0.2, 0.25) is 0 Å². The maximum absolute atomic E-state index is 13.2. The van der Waals surface area contributed by atoms with Crippen LogP contribution in [0.5, 0.6) is 0 Å². The van der Waals surface area contributed by atoms with E-state index in [1.54, 1.807) is 28.8 Å². The van der Waals surface area contributed by atoms with Crippen LogP contribution in [0.15, 0.2) is 47.4 Å². The fourth-order valence-corrected chi connectivity index (χ4v) is 4.72. The number of piperazine rings is 1. The quantitative estimate of drug-likeness (QED) is 0.721. The predicted molar refractivity (Wildman–Crippen MR) is 121 cm³/mol. The van der Waals surface area contributed by atoms with E-state index in [0.29, 0.717) is 16.6 Å². The molecule has 4 rings (SSSR count). The molecule has 0 atom stereocenters. The average molecular weight is 434 g/mol. The Labute approximate surface area is 179 Å². The van der Waals surface area contributed by atoms with Crippen molar-refractivity contribution < 1.29 is 4.79 Å². The van der Waals surface area contributed by atoms with Crippen LogP contribution in [0.3, 0.4) is 0 Å². The maximum atomic E-state index is 13.2. The first-order valence-electron chi connectivity index (χ1n) is 9.29. The molecule has 0 spiro atoms. The number of carbonyl (C=O) groups is 1. The van der Waals surface area contributed by atoms with E-state index in [9.17, 15) is 4.79 Å². The summed E-state index contributed by atoms with van der Waals surface area (Å²) in [4.78, 5) is 18.0. The van der Waals surface area contributed by atoms with Gasteiger partial charge < -0.3 is 15.1 Å². The summed E-state index contributed by atoms with van der Waals surface area (Å²) in [6.45, 7) is 4.54. The molecule has 2 aliphatic heterocycles. The first-order valence-corrected chi connectivity index (χ1v) is 11.0. The molecule has 0 bridgehead atoms. The van der Waals surface area contributed by atoms with Crippen molar-refractivity contribution in [1.82, 2.24) is 5.32 Å². The Bertz CT molecular complexity index is 912. The highest BCUT2D eigenvalue weighted by molar-refractivity contribution is 8.04. The summed E-state index contributed by atoms with van der Waals surface area (Å²) in [6, 6.07) is 13.6. The summed E-state index contributed by atoms with van der Waals surface area (Å²) >= 11 is 13.8. The van der Waals surface area contributed by atoms with E-state index in [4.69, 9.17) is 23.2 Å². The fraction of sp³-hybridized carbons (Fsp3) is 0.286. The van der Waals surface area contributed by atoms with Crippen molar-refractivity contribution in [3.8, 4) is 0 Å². The summed E-state index contributed by atoms with van der Waals surface area (Å²) in [5.74, 6) is 0.845. The number of para-hydroxylation sites is 1. The maximum Gasteiger partial charge on any atom is 0.264 e. The number of halogens is 2. The van der Waals surface area contributed by atoms with Gasteiger partial charge in [0.15, 0.2) is 0 Å².